The molecule has 0 heterocycles. The number of hydrogen-bond donors (Lipinski definition) is 2. The molecule has 23 heavy (non-hydrogen) atoms. The minimum absolute atomic E-state index is 0.126. The molecule has 0 saturated carbocycles. The molecular weight excluding hydrogens is 312 g/mol. The summed E-state index contributed by atoms with van der Waals surface area (Å²) in [4.78, 5) is 23.6. The van der Waals surface area contributed by atoms with Crippen LogP contribution in [-0.2, 0) is 9.59 Å². The number of hydrogen-bond acceptors (Lipinski definition) is 4. The second-order valence-electron chi connectivity index (χ2n) is 4.68. The topological polar surface area (TPSA) is 67.4 Å². The van der Waals surface area contributed by atoms with Gasteiger partial charge in [0.2, 0.25) is 11.8 Å². The molecule has 0 spiro atoms. The monoisotopic (exact) mass is 330 g/mol. The van der Waals surface area contributed by atoms with Crippen molar-refractivity contribution in [3.63, 3.8) is 0 Å². The Kier molecular flexibility index (Phi) is 6.50. The molecule has 0 aliphatic carbocycles. The number of para-hydroxylation sites is 1. The fourth-order valence-corrected chi connectivity index (χ4v) is 2.44. The van der Waals surface area contributed by atoms with Crippen molar-refractivity contribution >= 4 is 35.0 Å². The summed E-state index contributed by atoms with van der Waals surface area (Å²) >= 11 is 1.27. The molecule has 2 N–H and O–H groups in total. The summed E-state index contributed by atoms with van der Waals surface area (Å²) < 4.78 is 5.05. The molecule has 0 unspecified atom stereocenters. The number of methoxy groups -OCH3 is 1. The first-order valence-electron chi connectivity index (χ1n) is 7.04. The number of benzene rings is 2. The van der Waals surface area contributed by atoms with Gasteiger partial charge in [-0.15, -0.1) is 11.8 Å². The smallest absolute Gasteiger partial charge is 0.234 e. The maximum absolute atomic E-state index is 11.8. The first-order chi connectivity index (χ1) is 11.2. The van der Waals surface area contributed by atoms with E-state index in [4.69, 9.17) is 4.74 Å². The quantitative estimate of drug-likeness (QED) is 0.819. The molecule has 5 nitrogen and oxygen atoms in total. The van der Waals surface area contributed by atoms with Crippen LogP contribution in [-0.4, -0.2) is 30.4 Å². The molecular formula is C17H18N2O3S. The molecule has 0 radical (unpaired) electrons. The lowest BCUT2D eigenvalue weighted by Crippen LogP contribution is -2.18. The van der Waals surface area contributed by atoms with Crippen LogP contribution in [0.1, 0.15) is 0 Å². The number of rotatable bonds is 7. The van der Waals surface area contributed by atoms with Gasteiger partial charge in [-0.05, 0) is 36.4 Å². The largest absolute Gasteiger partial charge is 0.497 e. The van der Waals surface area contributed by atoms with E-state index in [9.17, 15) is 9.59 Å². The predicted molar refractivity (Wildman–Crippen MR) is 94.0 cm³/mol. The van der Waals surface area contributed by atoms with Gasteiger partial charge in [-0.3, -0.25) is 9.59 Å². The van der Waals surface area contributed by atoms with Crippen LogP contribution in [0.2, 0.25) is 0 Å². The third-order valence-electron chi connectivity index (χ3n) is 2.90. The molecule has 0 bridgehead atoms. The number of thioether (sulfide) groups is 1. The number of carbonyl (C=O) groups excluding carboxylic acids is 2. The summed E-state index contributed by atoms with van der Waals surface area (Å²) in [5.74, 6) is 0.903. The third kappa shape index (κ3) is 6.04. The lowest BCUT2D eigenvalue weighted by molar-refractivity contribution is -0.114. The Morgan fingerprint density at radius 1 is 0.870 bits per heavy atom. The van der Waals surface area contributed by atoms with Crippen molar-refractivity contribution in [2.45, 2.75) is 0 Å². The van der Waals surface area contributed by atoms with Gasteiger partial charge < -0.3 is 15.4 Å². The fourth-order valence-electron chi connectivity index (χ4n) is 1.83. The Morgan fingerprint density at radius 3 is 1.91 bits per heavy atom. The van der Waals surface area contributed by atoms with Crippen LogP contribution in [0.5, 0.6) is 5.75 Å². The Bertz CT molecular complexity index is 645. The summed E-state index contributed by atoms with van der Waals surface area (Å²) in [6.07, 6.45) is 0. The van der Waals surface area contributed by atoms with Crippen molar-refractivity contribution in [1.82, 2.24) is 0 Å². The van der Waals surface area contributed by atoms with Crippen LogP contribution in [0.15, 0.2) is 54.6 Å². The Morgan fingerprint density at radius 2 is 1.39 bits per heavy atom. The van der Waals surface area contributed by atoms with Crippen LogP contribution >= 0.6 is 11.8 Å². The maximum atomic E-state index is 11.8. The van der Waals surface area contributed by atoms with Gasteiger partial charge in [0, 0.05) is 11.4 Å². The maximum Gasteiger partial charge on any atom is 0.234 e. The SMILES string of the molecule is COc1ccc(NC(=O)CSCC(=O)Nc2ccccc2)cc1. The van der Waals surface area contributed by atoms with Crippen LogP contribution in [0.4, 0.5) is 11.4 Å². The number of carbonyl (C=O) groups is 2. The Hall–Kier alpha value is -2.47. The van der Waals surface area contributed by atoms with Crippen molar-refractivity contribution in [1.29, 1.82) is 0 Å². The Balaban J connectivity index is 1.68. The molecule has 0 saturated heterocycles. The van der Waals surface area contributed by atoms with Crippen LogP contribution in [0.3, 0.4) is 0 Å². The lowest BCUT2D eigenvalue weighted by atomic mass is 10.3. The molecule has 0 fully saturated rings. The molecule has 0 aliphatic rings. The second-order valence-corrected chi connectivity index (χ2v) is 5.67. The zero-order chi connectivity index (χ0) is 16.5. The van der Waals surface area contributed by atoms with Crippen molar-refractivity contribution < 1.29 is 14.3 Å². The summed E-state index contributed by atoms with van der Waals surface area (Å²) in [5.41, 5.74) is 1.45. The van der Waals surface area contributed by atoms with E-state index in [1.807, 2.05) is 30.3 Å². The molecule has 2 aromatic carbocycles. The van der Waals surface area contributed by atoms with Gasteiger partial charge in [-0.1, -0.05) is 18.2 Å². The molecule has 2 rings (SSSR count). The normalized spacial score (nSPS) is 9.96. The number of amides is 2. The number of nitrogens with one attached hydrogen (secondary N) is 2. The predicted octanol–water partition coefficient (Wildman–Crippen LogP) is 3.01. The summed E-state index contributed by atoms with van der Waals surface area (Å²) in [6.45, 7) is 0. The lowest BCUT2D eigenvalue weighted by Gasteiger charge is -2.07. The molecule has 6 heteroatoms. The Labute approximate surface area is 139 Å². The standard InChI is InChI=1S/C17H18N2O3S/c1-22-15-9-7-14(8-10-15)19-17(21)12-23-11-16(20)18-13-5-3-2-4-6-13/h2-10H,11-12H2,1H3,(H,18,20)(H,19,21). The van der Waals surface area contributed by atoms with E-state index < -0.39 is 0 Å². The molecule has 0 aliphatic heterocycles. The van der Waals surface area contributed by atoms with E-state index in [1.165, 1.54) is 11.8 Å². The minimum Gasteiger partial charge on any atom is -0.497 e. The molecule has 2 aromatic rings. The van der Waals surface area contributed by atoms with Gasteiger partial charge in [-0.25, -0.2) is 0 Å². The molecule has 0 aromatic heterocycles. The van der Waals surface area contributed by atoms with E-state index in [-0.39, 0.29) is 23.3 Å². The summed E-state index contributed by atoms with van der Waals surface area (Å²) in [7, 11) is 1.59. The second kappa shape index (κ2) is 8.85. The van der Waals surface area contributed by atoms with Crippen molar-refractivity contribution in [2.24, 2.45) is 0 Å². The van der Waals surface area contributed by atoms with Crippen LogP contribution < -0.4 is 15.4 Å². The van der Waals surface area contributed by atoms with E-state index in [2.05, 4.69) is 10.6 Å². The molecule has 2 amide bonds. The number of anilines is 2. The van der Waals surface area contributed by atoms with Crippen molar-refractivity contribution in [2.75, 3.05) is 29.2 Å². The van der Waals surface area contributed by atoms with Gasteiger partial charge in [0.15, 0.2) is 0 Å². The van der Waals surface area contributed by atoms with Crippen LogP contribution in [0.25, 0.3) is 0 Å². The average molecular weight is 330 g/mol. The highest BCUT2D eigenvalue weighted by Crippen LogP contribution is 2.15. The number of ether oxygens (including phenoxy) is 1. The highest BCUT2D eigenvalue weighted by molar-refractivity contribution is 8.00. The van der Waals surface area contributed by atoms with E-state index in [1.54, 1.807) is 31.4 Å². The van der Waals surface area contributed by atoms with Gasteiger partial charge in [0.05, 0.1) is 18.6 Å². The molecule has 120 valence electrons. The zero-order valence-electron chi connectivity index (χ0n) is 12.7. The first-order valence-corrected chi connectivity index (χ1v) is 8.19. The summed E-state index contributed by atoms with van der Waals surface area (Å²) in [6, 6.07) is 16.3. The van der Waals surface area contributed by atoms with Gasteiger partial charge in [0.1, 0.15) is 5.75 Å². The third-order valence-corrected chi connectivity index (χ3v) is 3.83. The minimum atomic E-state index is -0.146. The van der Waals surface area contributed by atoms with Crippen molar-refractivity contribution in [3.05, 3.63) is 54.6 Å². The molecule has 0 atom stereocenters. The van der Waals surface area contributed by atoms with Crippen LogP contribution in [0, 0.1) is 0 Å². The van der Waals surface area contributed by atoms with Gasteiger partial charge in [-0.2, -0.15) is 0 Å². The highest BCUT2D eigenvalue weighted by atomic mass is 32.2. The van der Waals surface area contributed by atoms with E-state index >= 15 is 0 Å². The summed E-state index contributed by atoms with van der Waals surface area (Å²) in [5, 5.41) is 5.54. The fraction of sp³-hybridized carbons (Fsp3) is 0.176. The van der Waals surface area contributed by atoms with E-state index in [0.29, 0.717) is 5.69 Å². The zero-order valence-corrected chi connectivity index (χ0v) is 13.6. The first kappa shape index (κ1) is 16.9. The highest BCUT2D eigenvalue weighted by Gasteiger charge is 2.06. The van der Waals surface area contributed by atoms with Gasteiger partial charge >= 0.3 is 0 Å². The van der Waals surface area contributed by atoms with Gasteiger partial charge in [0.25, 0.3) is 0 Å². The van der Waals surface area contributed by atoms with E-state index in [0.717, 1.165) is 11.4 Å². The van der Waals surface area contributed by atoms with Crippen molar-refractivity contribution in [3.8, 4) is 5.75 Å². The average Bonchev–Trinajstić information content (AvgIpc) is 2.56.